The van der Waals surface area contributed by atoms with Crippen LogP contribution in [0.3, 0.4) is 0 Å². The molecule has 1 aliphatic heterocycles. The van der Waals surface area contributed by atoms with Gasteiger partial charge in [-0.2, -0.15) is 4.98 Å². The van der Waals surface area contributed by atoms with Crippen LogP contribution in [0.5, 0.6) is 5.88 Å². The van der Waals surface area contributed by atoms with Crippen LogP contribution in [0.15, 0.2) is 6.07 Å². The molecule has 0 unspecified atom stereocenters. The fourth-order valence-electron chi connectivity index (χ4n) is 2.63. The summed E-state index contributed by atoms with van der Waals surface area (Å²) in [6.45, 7) is 11.2. The van der Waals surface area contributed by atoms with E-state index in [9.17, 15) is 0 Å². The lowest BCUT2D eigenvalue weighted by Crippen LogP contribution is -2.38. The van der Waals surface area contributed by atoms with E-state index in [1.807, 2.05) is 13.0 Å². The number of hydrogen-bond donors (Lipinski definition) is 1. The van der Waals surface area contributed by atoms with Crippen LogP contribution in [0, 0.1) is 12.8 Å². The third-order valence-corrected chi connectivity index (χ3v) is 3.85. The molecule has 5 nitrogen and oxygen atoms in total. The summed E-state index contributed by atoms with van der Waals surface area (Å²) >= 11 is 0. The van der Waals surface area contributed by atoms with Crippen molar-refractivity contribution in [1.29, 1.82) is 0 Å². The number of rotatable bonds is 7. The van der Waals surface area contributed by atoms with E-state index in [4.69, 9.17) is 4.74 Å². The van der Waals surface area contributed by atoms with E-state index in [0.29, 0.717) is 12.5 Å². The Morgan fingerprint density at radius 3 is 2.71 bits per heavy atom. The first-order valence-corrected chi connectivity index (χ1v) is 8.17. The van der Waals surface area contributed by atoms with Crippen molar-refractivity contribution in [2.24, 2.45) is 5.92 Å². The zero-order valence-electron chi connectivity index (χ0n) is 13.6. The summed E-state index contributed by atoms with van der Waals surface area (Å²) in [4.78, 5) is 11.4. The van der Waals surface area contributed by atoms with Crippen LogP contribution in [0.1, 0.15) is 38.8 Å². The third-order valence-electron chi connectivity index (χ3n) is 3.85. The van der Waals surface area contributed by atoms with E-state index in [1.165, 1.54) is 12.8 Å². The van der Waals surface area contributed by atoms with Gasteiger partial charge in [0.15, 0.2) is 0 Å². The molecule has 1 aliphatic rings. The van der Waals surface area contributed by atoms with E-state index in [0.717, 1.165) is 50.2 Å². The second-order valence-corrected chi connectivity index (χ2v) is 5.73. The van der Waals surface area contributed by atoms with Crippen molar-refractivity contribution in [1.82, 2.24) is 15.3 Å². The molecule has 1 aromatic rings. The van der Waals surface area contributed by atoms with Crippen molar-refractivity contribution in [3.63, 3.8) is 0 Å². The monoisotopic (exact) mass is 292 g/mol. The summed E-state index contributed by atoms with van der Waals surface area (Å²) in [5.41, 5.74) is 0.973. The number of nitrogens with zero attached hydrogens (tertiary/aromatic N) is 3. The van der Waals surface area contributed by atoms with E-state index < -0.39 is 0 Å². The molecule has 2 heterocycles. The molecule has 118 valence electrons. The number of aryl methyl sites for hydroxylation is 1. The summed E-state index contributed by atoms with van der Waals surface area (Å²) in [7, 11) is 0. The molecular weight excluding hydrogens is 264 g/mol. The molecule has 1 fully saturated rings. The first-order chi connectivity index (χ1) is 10.2. The highest BCUT2D eigenvalue weighted by Crippen LogP contribution is 2.22. The van der Waals surface area contributed by atoms with Crippen LogP contribution >= 0.6 is 0 Å². The molecule has 0 bridgehead atoms. The van der Waals surface area contributed by atoms with Crippen molar-refractivity contribution in [3.05, 3.63) is 11.8 Å². The molecule has 0 radical (unpaired) electrons. The van der Waals surface area contributed by atoms with Crippen LogP contribution in [-0.2, 0) is 0 Å². The van der Waals surface area contributed by atoms with Crippen LogP contribution in [0.2, 0.25) is 0 Å². The second kappa shape index (κ2) is 8.17. The first kappa shape index (κ1) is 16.0. The third kappa shape index (κ3) is 4.84. The number of ether oxygens (including phenoxy) is 1. The van der Waals surface area contributed by atoms with E-state index in [-0.39, 0.29) is 0 Å². The highest BCUT2D eigenvalue weighted by Gasteiger charge is 2.21. The Morgan fingerprint density at radius 2 is 2.05 bits per heavy atom. The van der Waals surface area contributed by atoms with E-state index in [2.05, 4.69) is 34.0 Å². The van der Waals surface area contributed by atoms with E-state index >= 15 is 0 Å². The Bertz CT molecular complexity index is 430. The zero-order valence-corrected chi connectivity index (χ0v) is 13.6. The van der Waals surface area contributed by atoms with Crippen molar-refractivity contribution in [2.45, 2.75) is 40.0 Å². The van der Waals surface area contributed by atoms with Gasteiger partial charge in [0.2, 0.25) is 11.8 Å². The van der Waals surface area contributed by atoms with Crippen LogP contribution in [-0.4, -0.2) is 42.8 Å². The summed E-state index contributed by atoms with van der Waals surface area (Å²) in [6.07, 6.45) is 3.40. The predicted molar refractivity (Wildman–Crippen MR) is 86.0 cm³/mol. The van der Waals surface area contributed by atoms with Gasteiger partial charge < -0.3 is 15.0 Å². The van der Waals surface area contributed by atoms with Gasteiger partial charge >= 0.3 is 0 Å². The predicted octanol–water partition coefficient (Wildman–Crippen LogP) is 2.40. The molecule has 1 aromatic heterocycles. The SMILES string of the molecule is CCCOc1cc(C)nc(N2CCC(CNCC)CC2)n1. The number of piperidine rings is 1. The van der Waals surface area contributed by atoms with Gasteiger partial charge in [0.1, 0.15) is 0 Å². The van der Waals surface area contributed by atoms with Crippen molar-refractivity contribution in [2.75, 3.05) is 37.7 Å². The average Bonchev–Trinajstić information content (AvgIpc) is 2.51. The Hall–Kier alpha value is -1.36. The minimum atomic E-state index is 0.703. The van der Waals surface area contributed by atoms with Gasteiger partial charge in [-0.1, -0.05) is 13.8 Å². The van der Waals surface area contributed by atoms with Gasteiger partial charge in [-0.05, 0) is 45.2 Å². The molecule has 0 aliphatic carbocycles. The van der Waals surface area contributed by atoms with Crippen molar-refractivity contribution in [3.8, 4) is 5.88 Å². The van der Waals surface area contributed by atoms with E-state index in [1.54, 1.807) is 0 Å². The topological polar surface area (TPSA) is 50.3 Å². The van der Waals surface area contributed by atoms with Gasteiger partial charge in [0, 0.05) is 24.8 Å². The molecule has 2 rings (SSSR count). The Kier molecular flexibility index (Phi) is 6.23. The normalized spacial score (nSPS) is 16.2. The summed E-state index contributed by atoms with van der Waals surface area (Å²) in [5, 5.41) is 3.44. The van der Waals surface area contributed by atoms with Crippen LogP contribution in [0.4, 0.5) is 5.95 Å². The average molecular weight is 292 g/mol. The van der Waals surface area contributed by atoms with Crippen LogP contribution < -0.4 is 15.0 Å². The molecule has 5 heteroatoms. The Balaban J connectivity index is 1.94. The van der Waals surface area contributed by atoms with Gasteiger partial charge in [0.05, 0.1) is 6.61 Å². The smallest absolute Gasteiger partial charge is 0.228 e. The quantitative estimate of drug-likeness (QED) is 0.836. The lowest BCUT2D eigenvalue weighted by Gasteiger charge is -2.32. The lowest BCUT2D eigenvalue weighted by molar-refractivity contribution is 0.303. The minimum absolute atomic E-state index is 0.703. The second-order valence-electron chi connectivity index (χ2n) is 5.73. The number of aromatic nitrogens is 2. The molecule has 21 heavy (non-hydrogen) atoms. The summed E-state index contributed by atoms with van der Waals surface area (Å²) in [6, 6.07) is 1.91. The van der Waals surface area contributed by atoms with Gasteiger partial charge in [-0.3, -0.25) is 0 Å². The molecule has 1 N–H and O–H groups in total. The highest BCUT2D eigenvalue weighted by molar-refractivity contribution is 5.34. The van der Waals surface area contributed by atoms with Crippen LogP contribution in [0.25, 0.3) is 0 Å². The maximum atomic E-state index is 5.65. The summed E-state index contributed by atoms with van der Waals surface area (Å²) < 4.78 is 5.65. The molecule has 0 aromatic carbocycles. The number of hydrogen-bond acceptors (Lipinski definition) is 5. The molecule has 0 saturated carbocycles. The zero-order chi connectivity index (χ0) is 15.1. The largest absolute Gasteiger partial charge is 0.478 e. The highest BCUT2D eigenvalue weighted by atomic mass is 16.5. The Labute approximate surface area is 128 Å². The minimum Gasteiger partial charge on any atom is -0.478 e. The number of nitrogens with one attached hydrogen (secondary N) is 1. The van der Waals surface area contributed by atoms with Gasteiger partial charge in [0.25, 0.3) is 0 Å². The molecule has 0 atom stereocenters. The van der Waals surface area contributed by atoms with Gasteiger partial charge in [-0.15, -0.1) is 0 Å². The number of anilines is 1. The lowest BCUT2D eigenvalue weighted by atomic mass is 9.97. The fraction of sp³-hybridized carbons (Fsp3) is 0.750. The van der Waals surface area contributed by atoms with Crippen molar-refractivity contribution >= 4 is 5.95 Å². The maximum Gasteiger partial charge on any atom is 0.228 e. The fourth-order valence-corrected chi connectivity index (χ4v) is 2.63. The molecule has 0 spiro atoms. The standard InChI is InChI=1S/C16H28N4O/c1-4-10-21-15-11-13(3)18-16(19-15)20-8-6-14(7-9-20)12-17-5-2/h11,14,17H,4-10,12H2,1-3H3. The van der Waals surface area contributed by atoms with Gasteiger partial charge in [-0.25, -0.2) is 4.98 Å². The van der Waals surface area contributed by atoms with Crippen molar-refractivity contribution < 1.29 is 4.74 Å². The first-order valence-electron chi connectivity index (χ1n) is 8.17. The maximum absolute atomic E-state index is 5.65. The Morgan fingerprint density at radius 1 is 1.29 bits per heavy atom. The molecular formula is C16H28N4O. The summed E-state index contributed by atoms with van der Waals surface area (Å²) in [5.74, 6) is 2.30. The molecule has 0 amide bonds. The molecule has 1 saturated heterocycles.